The number of para-hydroxylation sites is 1. The maximum atomic E-state index is 11.3. The number of unbranched alkanes of at least 4 members (excludes halogenated alkanes) is 1. The van der Waals surface area contributed by atoms with Crippen LogP contribution in [0, 0.1) is 21.4 Å². The van der Waals surface area contributed by atoms with Crippen molar-refractivity contribution >= 4 is 11.8 Å². The first kappa shape index (κ1) is 18.9. The van der Waals surface area contributed by atoms with E-state index in [1.165, 1.54) is 6.07 Å². The van der Waals surface area contributed by atoms with Crippen LogP contribution in [0.1, 0.15) is 31.7 Å². The quantitative estimate of drug-likeness (QED) is 0.252. The van der Waals surface area contributed by atoms with Crippen LogP contribution in [0.2, 0.25) is 0 Å². The minimum absolute atomic E-state index is 0.0595. The molecule has 0 radical (unpaired) electrons. The number of rotatable bonds is 8. The molecule has 0 spiro atoms. The Labute approximate surface area is 153 Å². The number of hydrogen-bond acceptors (Lipinski definition) is 4. The van der Waals surface area contributed by atoms with Gasteiger partial charge in [-0.15, -0.1) is 0 Å². The standard InChI is InChI=1S/C21H20N2O3/c1-2-3-4-6-9-17(16-22)14-18-15-20(12-13-21(18)23(24)25)26-19-10-7-5-8-11-19/h4-8,10-15H,2-3,9H2,1H3/b6-4-,17-14-. The van der Waals surface area contributed by atoms with Crippen molar-refractivity contribution in [3.8, 4) is 17.6 Å². The molecule has 0 aliphatic carbocycles. The predicted molar refractivity (Wildman–Crippen MR) is 102 cm³/mol. The third-order valence-corrected chi connectivity index (χ3v) is 3.61. The predicted octanol–water partition coefficient (Wildman–Crippen LogP) is 6.04. The molecule has 5 heteroatoms. The molecule has 0 fully saturated rings. The summed E-state index contributed by atoms with van der Waals surface area (Å²) in [5, 5.41) is 20.6. The number of nitriles is 1. The van der Waals surface area contributed by atoms with E-state index in [4.69, 9.17) is 4.74 Å². The highest BCUT2D eigenvalue weighted by atomic mass is 16.6. The molecule has 0 amide bonds. The number of nitrogens with zero attached hydrogens (tertiary/aromatic N) is 2. The van der Waals surface area contributed by atoms with Crippen LogP contribution < -0.4 is 4.74 Å². The van der Waals surface area contributed by atoms with E-state index in [2.05, 4.69) is 13.0 Å². The molecule has 2 rings (SSSR count). The van der Waals surface area contributed by atoms with Crippen LogP contribution in [0.15, 0.2) is 66.3 Å². The SMILES string of the molecule is CCC/C=C\C/C(C#N)=C/c1cc(Oc2ccccc2)ccc1[N+](=O)[O-]. The molecule has 0 N–H and O–H groups in total. The summed E-state index contributed by atoms with van der Waals surface area (Å²) >= 11 is 0. The monoisotopic (exact) mass is 348 g/mol. The summed E-state index contributed by atoms with van der Waals surface area (Å²) in [5.41, 5.74) is 0.747. The zero-order valence-electron chi connectivity index (χ0n) is 14.6. The van der Waals surface area contributed by atoms with Crippen molar-refractivity contribution in [1.29, 1.82) is 5.26 Å². The van der Waals surface area contributed by atoms with Crippen LogP contribution in [0.3, 0.4) is 0 Å². The molecular formula is C21H20N2O3. The van der Waals surface area contributed by atoms with Crippen LogP contribution in [0.4, 0.5) is 5.69 Å². The number of hydrogen-bond donors (Lipinski definition) is 0. The lowest BCUT2D eigenvalue weighted by Gasteiger charge is -2.07. The molecular weight excluding hydrogens is 328 g/mol. The van der Waals surface area contributed by atoms with Gasteiger partial charge in [-0.2, -0.15) is 5.26 Å². The van der Waals surface area contributed by atoms with Gasteiger partial charge in [0.15, 0.2) is 0 Å². The third-order valence-electron chi connectivity index (χ3n) is 3.61. The minimum atomic E-state index is -0.458. The number of ether oxygens (including phenoxy) is 1. The lowest BCUT2D eigenvalue weighted by Crippen LogP contribution is -1.93. The molecule has 0 saturated heterocycles. The maximum Gasteiger partial charge on any atom is 0.276 e. The van der Waals surface area contributed by atoms with Crippen LogP contribution >= 0.6 is 0 Å². The van der Waals surface area contributed by atoms with Gasteiger partial charge in [-0.3, -0.25) is 10.1 Å². The molecule has 0 aliphatic heterocycles. The van der Waals surface area contributed by atoms with E-state index in [9.17, 15) is 15.4 Å². The molecule has 2 aromatic carbocycles. The Morgan fingerprint density at radius 3 is 2.62 bits per heavy atom. The van der Waals surface area contributed by atoms with Gasteiger partial charge in [-0.05, 0) is 36.8 Å². The molecule has 0 saturated carbocycles. The summed E-state index contributed by atoms with van der Waals surface area (Å²) in [6.07, 6.45) is 7.89. The molecule has 5 nitrogen and oxygen atoms in total. The second-order valence-corrected chi connectivity index (χ2v) is 5.64. The molecule has 0 atom stereocenters. The van der Waals surface area contributed by atoms with Crippen LogP contribution in [0.25, 0.3) is 6.08 Å². The number of nitro groups is 1. The summed E-state index contributed by atoms with van der Waals surface area (Å²) in [6.45, 7) is 2.08. The highest BCUT2D eigenvalue weighted by Gasteiger charge is 2.14. The first-order valence-corrected chi connectivity index (χ1v) is 8.41. The van der Waals surface area contributed by atoms with Gasteiger partial charge in [0.2, 0.25) is 0 Å². The topological polar surface area (TPSA) is 76.2 Å². The largest absolute Gasteiger partial charge is 0.457 e. The highest BCUT2D eigenvalue weighted by Crippen LogP contribution is 2.29. The Bertz CT molecular complexity index is 849. The normalized spacial score (nSPS) is 11.3. The summed E-state index contributed by atoms with van der Waals surface area (Å²) in [5.74, 6) is 1.12. The Kier molecular flexibility index (Phi) is 7.14. The van der Waals surface area contributed by atoms with E-state index < -0.39 is 4.92 Å². The zero-order valence-corrected chi connectivity index (χ0v) is 14.6. The van der Waals surface area contributed by atoms with Gasteiger partial charge in [0.05, 0.1) is 16.6 Å². The van der Waals surface area contributed by atoms with Gasteiger partial charge < -0.3 is 4.74 Å². The molecule has 0 heterocycles. The number of nitro benzene ring substituents is 1. The molecule has 2 aromatic rings. The van der Waals surface area contributed by atoms with Crippen LogP contribution in [0.5, 0.6) is 11.5 Å². The van der Waals surface area contributed by atoms with Crippen molar-refractivity contribution in [2.75, 3.05) is 0 Å². The van der Waals surface area contributed by atoms with E-state index in [1.54, 1.807) is 30.3 Å². The van der Waals surface area contributed by atoms with Crippen LogP contribution in [-0.2, 0) is 0 Å². The Morgan fingerprint density at radius 1 is 1.19 bits per heavy atom. The number of allylic oxidation sites excluding steroid dienone is 3. The fourth-order valence-corrected chi connectivity index (χ4v) is 2.32. The summed E-state index contributed by atoms with van der Waals surface area (Å²) < 4.78 is 5.73. The smallest absolute Gasteiger partial charge is 0.276 e. The van der Waals surface area contributed by atoms with E-state index >= 15 is 0 Å². The third kappa shape index (κ3) is 5.60. The van der Waals surface area contributed by atoms with Crippen molar-refractivity contribution in [3.05, 3.63) is 81.9 Å². The van der Waals surface area contributed by atoms with Gasteiger partial charge >= 0.3 is 0 Å². The van der Waals surface area contributed by atoms with Crippen molar-refractivity contribution in [2.24, 2.45) is 0 Å². The second kappa shape index (κ2) is 9.80. The van der Waals surface area contributed by atoms with Crippen molar-refractivity contribution in [3.63, 3.8) is 0 Å². The highest BCUT2D eigenvalue weighted by molar-refractivity contribution is 5.67. The molecule has 132 valence electrons. The summed E-state index contributed by atoms with van der Waals surface area (Å²) in [7, 11) is 0. The Hall–Kier alpha value is -3.39. The first-order chi connectivity index (χ1) is 12.6. The van der Waals surface area contributed by atoms with Crippen molar-refractivity contribution < 1.29 is 9.66 Å². The van der Waals surface area contributed by atoms with Gasteiger partial charge in [-0.1, -0.05) is 43.7 Å². The molecule has 0 bridgehead atoms. The lowest BCUT2D eigenvalue weighted by atomic mass is 10.1. The van der Waals surface area contributed by atoms with Crippen molar-refractivity contribution in [1.82, 2.24) is 0 Å². The van der Waals surface area contributed by atoms with Gasteiger partial charge in [-0.25, -0.2) is 0 Å². The average molecular weight is 348 g/mol. The Balaban J connectivity index is 2.31. The molecule has 26 heavy (non-hydrogen) atoms. The van der Waals surface area contributed by atoms with E-state index in [0.29, 0.717) is 29.1 Å². The molecule has 0 aromatic heterocycles. The lowest BCUT2D eigenvalue weighted by molar-refractivity contribution is -0.385. The second-order valence-electron chi connectivity index (χ2n) is 5.64. The molecule has 0 unspecified atom stereocenters. The fraction of sp³-hybridized carbons (Fsp3) is 0.190. The minimum Gasteiger partial charge on any atom is -0.457 e. The first-order valence-electron chi connectivity index (χ1n) is 8.41. The van der Waals surface area contributed by atoms with E-state index in [1.807, 2.05) is 30.4 Å². The molecule has 0 aliphatic rings. The van der Waals surface area contributed by atoms with Gasteiger partial charge in [0.1, 0.15) is 11.5 Å². The Morgan fingerprint density at radius 2 is 1.96 bits per heavy atom. The fourth-order valence-electron chi connectivity index (χ4n) is 2.32. The van der Waals surface area contributed by atoms with E-state index in [-0.39, 0.29) is 5.69 Å². The van der Waals surface area contributed by atoms with Crippen molar-refractivity contribution in [2.45, 2.75) is 26.2 Å². The van der Waals surface area contributed by atoms with Gasteiger partial charge in [0.25, 0.3) is 5.69 Å². The van der Waals surface area contributed by atoms with Crippen LogP contribution in [-0.4, -0.2) is 4.92 Å². The van der Waals surface area contributed by atoms with Gasteiger partial charge in [0, 0.05) is 18.1 Å². The number of benzene rings is 2. The zero-order chi connectivity index (χ0) is 18.8. The summed E-state index contributed by atoms with van der Waals surface area (Å²) in [6, 6.07) is 15.8. The maximum absolute atomic E-state index is 11.3. The average Bonchev–Trinajstić information content (AvgIpc) is 2.65. The summed E-state index contributed by atoms with van der Waals surface area (Å²) in [4.78, 5) is 10.8. The van der Waals surface area contributed by atoms with E-state index in [0.717, 1.165) is 12.8 Å².